The molecule has 7 nitrogen and oxygen atoms in total. The van der Waals surface area contributed by atoms with Crippen LogP contribution in [0.3, 0.4) is 0 Å². The summed E-state index contributed by atoms with van der Waals surface area (Å²) in [6.07, 6.45) is 2.77. The number of carbonyl (C=O) groups excluding carboxylic acids is 3. The smallest absolute Gasteiger partial charge is 0.325 e. The van der Waals surface area contributed by atoms with E-state index in [1.807, 2.05) is 38.1 Å². The van der Waals surface area contributed by atoms with E-state index in [-0.39, 0.29) is 18.4 Å². The zero-order chi connectivity index (χ0) is 20.7. The molecule has 0 radical (unpaired) electrons. The van der Waals surface area contributed by atoms with Crippen LogP contribution < -0.4 is 10.1 Å². The summed E-state index contributed by atoms with van der Waals surface area (Å²) >= 11 is 0. The van der Waals surface area contributed by atoms with Crippen LogP contribution in [0.1, 0.15) is 45.6 Å². The Morgan fingerprint density at radius 1 is 1.14 bits per heavy atom. The Morgan fingerprint density at radius 2 is 1.75 bits per heavy atom. The van der Waals surface area contributed by atoms with E-state index in [1.165, 1.54) is 0 Å². The molecular weight excluding hydrogens is 358 g/mol. The van der Waals surface area contributed by atoms with Crippen molar-refractivity contribution in [2.24, 2.45) is 0 Å². The maximum Gasteiger partial charge on any atom is 0.325 e. The van der Waals surface area contributed by atoms with Gasteiger partial charge in [0.25, 0.3) is 5.91 Å². The van der Waals surface area contributed by atoms with Gasteiger partial charge in [-0.3, -0.25) is 14.5 Å². The summed E-state index contributed by atoms with van der Waals surface area (Å²) < 4.78 is 5.15. The van der Waals surface area contributed by atoms with E-state index in [1.54, 1.807) is 18.9 Å². The quantitative estimate of drug-likeness (QED) is 0.624. The molecule has 0 bridgehead atoms. The number of ether oxygens (including phenoxy) is 1. The first-order chi connectivity index (χ1) is 13.3. The number of benzene rings is 1. The number of amides is 4. The topological polar surface area (TPSA) is 79.0 Å². The molecule has 1 atom stereocenters. The lowest BCUT2D eigenvalue weighted by Gasteiger charge is -2.24. The Bertz CT molecular complexity index is 698. The molecular formula is C21H31N3O4. The predicted molar refractivity (Wildman–Crippen MR) is 107 cm³/mol. The number of rotatable bonds is 10. The number of nitrogens with zero attached hydrogens (tertiary/aromatic N) is 2. The van der Waals surface area contributed by atoms with Crippen LogP contribution in [0.4, 0.5) is 4.79 Å². The standard InChI is InChI=1S/C21H31N3O4/c1-5-13-23(14-6-2)18(25)15-24-19(26)21(3,22-20(24)27)12-11-16-7-9-17(28-4)10-8-16/h7-10H,5-6,11-15H2,1-4H3,(H,22,27)/t21-/m0/s1. The van der Waals surface area contributed by atoms with E-state index in [0.717, 1.165) is 29.1 Å². The van der Waals surface area contributed by atoms with Gasteiger partial charge in [-0.15, -0.1) is 0 Å². The van der Waals surface area contributed by atoms with Crippen molar-refractivity contribution in [1.29, 1.82) is 0 Å². The molecule has 7 heteroatoms. The highest BCUT2D eigenvalue weighted by Gasteiger charge is 2.48. The fourth-order valence-electron chi connectivity index (χ4n) is 3.38. The van der Waals surface area contributed by atoms with Crippen LogP contribution in [-0.4, -0.2) is 59.9 Å². The van der Waals surface area contributed by atoms with E-state index in [2.05, 4.69) is 5.32 Å². The minimum absolute atomic E-state index is 0.188. The van der Waals surface area contributed by atoms with Crippen molar-refractivity contribution in [1.82, 2.24) is 15.1 Å². The second-order valence-corrected chi connectivity index (χ2v) is 7.38. The van der Waals surface area contributed by atoms with Gasteiger partial charge in [-0.2, -0.15) is 0 Å². The van der Waals surface area contributed by atoms with Crippen molar-refractivity contribution >= 4 is 17.8 Å². The molecule has 0 aliphatic carbocycles. The van der Waals surface area contributed by atoms with Crippen molar-refractivity contribution in [2.45, 2.75) is 52.0 Å². The van der Waals surface area contributed by atoms with E-state index in [9.17, 15) is 14.4 Å². The Labute approximate surface area is 167 Å². The van der Waals surface area contributed by atoms with Gasteiger partial charge < -0.3 is 15.0 Å². The minimum Gasteiger partial charge on any atom is -0.497 e. The summed E-state index contributed by atoms with van der Waals surface area (Å²) in [5, 5.41) is 2.77. The van der Waals surface area contributed by atoms with Crippen LogP contribution in [0.2, 0.25) is 0 Å². The Kier molecular flexibility index (Phi) is 7.43. The zero-order valence-corrected chi connectivity index (χ0v) is 17.3. The zero-order valence-electron chi connectivity index (χ0n) is 17.3. The molecule has 2 rings (SSSR count). The second kappa shape index (κ2) is 9.57. The fourth-order valence-corrected chi connectivity index (χ4v) is 3.38. The number of aryl methyl sites for hydroxylation is 1. The molecule has 1 fully saturated rings. The Hall–Kier alpha value is -2.57. The summed E-state index contributed by atoms with van der Waals surface area (Å²) in [4.78, 5) is 40.6. The van der Waals surface area contributed by atoms with Gasteiger partial charge in [0.2, 0.25) is 5.91 Å². The van der Waals surface area contributed by atoms with E-state index in [0.29, 0.717) is 25.9 Å². The predicted octanol–water partition coefficient (Wildman–Crippen LogP) is 2.59. The first-order valence-corrected chi connectivity index (χ1v) is 9.89. The second-order valence-electron chi connectivity index (χ2n) is 7.38. The molecule has 154 valence electrons. The molecule has 1 aliphatic rings. The molecule has 1 saturated heterocycles. The fraction of sp³-hybridized carbons (Fsp3) is 0.571. The van der Waals surface area contributed by atoms with Gasteiger partial charge in [-0.1, -0.05) is 26.0 Å². The molecule has 1 aromatic rings. The number of hydrogen-bond acceptors (Lipinski definition) is 4. The first kappa shape index (κ1) is 21.7. The molecule has 1 aromatic carbocycles. The highest BCUT2D eigenvalue weighted by Crippen LogP contribution is 2.24. The Balaban J connectivity index is 2.01. The van der Waals surface area contributed by atoms with Crippen LogP contribution in [0, 0.1) is 0 Å². The molecule has 4 amide bonds. The van der Waals surface area contributed by atoms with E-state index >= 15 is 0 Å². The van der Waals surface area contributed by atoms with Crippen molar-refractivity contribution in [3.8, 4) is 5.75 Å². The Morgan fingerprint density at radius 3 is 2.29 bits per heavy atom. The number of carbonyl (C=O) groups is 3. The number of nitrogens with one attached hydrogen (secondary N) is 1. The van der Waals surface area contributed by atoms with Crippen molar-refractivity contribution in [3.63, 3.8) is 0 Å². The maximum atomic E-state index is 12.9. The molecule has 1 N–H and O–H groups in total. The van der Waals surface area contributed by atoms with Crippen molar-refractivity contribution in [3.05, 3.63) is 29.8 Å². The van der Waals surface area contributed by atoms with Gasteiger partial charge in [0.1, 0.15) is 17.8 Å². The monoisotopic (exact) mass is 389 g/mol. The lowest BCUT2D eigenvalue weighted by molar-refractivity contribution is -0.138. The molecule has 0 unspecified atom stereocenters. The molecule has 1 aliphatic heterocycles. The highest BCUT2D eigenvalue weighted by molar-refractivity contribution is 6.08. The third-order valence-electron chi connectivity index (χ3n) is 5.05. The summed E-state index contributed by atoms with van der Waals surface area (Å²) in [6, 6.07) is 7.13. The number of urea groups is 1. The number of methoxy groups -OCH3 is 1. The van der Waals surface area contributed by atoms with Gasteiger partial charge in [-0.05, 0) is 50.3 Å². The lowest BCUT2D eigenvalue weighted by Crippen LogP contribution is -2.46. The molecule has 1 heterocycles. The largest absolute Gasteiger partial charge is 0.497 e. The highest BCUT2D eigenvalue weighted by atomic mass is 16.5. The first-order valence-electron chi connectivity index (χ1n) is 9.89. The summed E-state index contributed by atoms with van der Waals surface area (Å²) in [5.74, 6) is 0.243. The summed E-state index contributed by atoms with van der Waals surface area (Å²) in [5.41, 5.74) is 0.0492. The van der Waals surface area contributed by atoms with E-state index < -0.39 is 11.6 Å². The van der Waals surface area contributed by atoms with Crippen LogP contribution in [0.25, 0.3) is 0 Å². The van der Waals surface area contributed by atoms with Crippen molar-refractivity contribution in [2.75, 3.05) is 26.7 Å². The molecule has 0 spiro atoms. The molecule has 28 heavy (non-hydrogen) atoms. The van der Waals surface area contributed by atoms with Gasteiger partial charge >= 0.3 is 6.03 Å². The van der Waals surface area contributed by atoms with Gasteiger partial charge in [0.05, 0.1) is 7.11 Å². The molecule has 0 aromatic heterocycles. The summed E-state index contributed by atoms with van der Waals surface area (Å²) in [7, 11) is 1.61. The molecule has 0 saturated carbocycles. The average molecular weight is 389 g/mol. The van der Waals surface area contributed by atoms with Crippen LogP contribution in [-0.2, 0) is 16.0 Å². The summed E-state index contributed by atoms with van der Waals surface area (Å²) in [6.45, 7) is 6.77. The number of hydrogen-bond donors (Lipinski definition) is 1. The minimum atomic E-state index is -1.00. The third kappa shape index (κ3) is 5.03. The van der Waals surface area contributed by atoms with Gasteiger partial charge in [0.15, 0.2) is 0 Å². The van der Waals surface area contributed by atoms with Crippen LogP contribution >= 0.6 is 0 Å². The van der Waals surface area contributed by atoms with Gasteiger partial charge in [0, 0.05) is 13.1 Å². The third-order valence-corrected chi connectivity index (χ3v) is 5.05. The van der Waals surface area contributed by atoms with Crippen molar-refractivity contribution < 1.29 is 19.1 Å². The number of imide groups is 1. The van der Waals surface area contributed by atoms with Gasteiger partial charge in [-0.25, -0.2) is 4.79 Å². The van der Waals surface area contributed by atoms with E-state index in [4.69, 9.17) is 4.74 Å². The normalized spacial score (nSPS) is 18.9. The maximum absolute atomic E-state index is 12.9. The SMILES string of the molecule is CCCN(CCC)C(=O)CN1C(=O)N[C@@](C)(CCc2ccc(OC)cc2)C1=O. The lowest BCUT2D eigenvalue weighted by atomic mass is 9.93. The van der Waals surface area contributed by atoms with Crippen LogP contribution in [0.15, 0.2) is 24.3 Å². The average Bonchev–Trinajstić information content (AvgIpc) is 2.90. The van der Waals surface area contributed by atoms with Crippen LogP contribution in [0.5, 0.6) is 5.75 Å².